The molecular weight excluding hydrogens is 334 g/mol. The maximum atomic E-state index is 12.7. The lowest BCUT2D eigenvalue weighted by molar-refractivity contribution is -0.122. The molecule has 0 aliphatic carbocycles. The zero-order valence-corrected chi connectivity index (χ0v) is 16.0. The summed E-state index contributed by atoms with van der Waals surface area (Å²) in [5.41, 5.74) is 5.24. The number of rotatable bonds is 6. The van der Waals surface area contributed by atoms with E-state index in [0.717, 1.165) is 27.9 Å². The van der Waals surface area contributed by atoms with Crippen molar-refractivity contribution in [1.29, 1.82) is 0 Å². The van der Waals surface area contributed by atoms with E-state index < -0.39 is 6.10 Å². The molecular formula is C24H25NO2. The monoisotopic (exact) mass is 359 g/mol. The van der Waals surface area contributed by atoms with Gasteiger partial charge in [0.2, 0.25) is 0 Å². The molecule has 1 unspecified atom stereocenters. The van der Waals surface area contributed by atoms with E-state index >= 15 is 0 Å². The molecule has 0 bridgehead atoms. The van der Waals surface area contributed by atoms with Gasteiger partial charge in [-0.15, -0.1) is 0 Å². The Kier molecular flexibility index (Phi) is 5.92. The molecule has 3 aromatic carbocycles. The summed E-state index contributed by atoms with van der Waals surface area (Å²) in [6.45, 7) is 5.94. The van der Waals surface area contributed by atoms with Crippen molar-refractivity contribution in [1.82, 2.24) is 0 Å². The van der Waals surface area contributed by atoms with Gasteiger partial charge in [-0.05, 0) is 54.7 Å². The molecule has 3 heteroatoms. The molecule has 0 saturated carbocycles. The van der Waals surface area contributed by atoms with Gasteiger partial charge >= 0.3 is 0 Å². The zero-order chi connectivity index (χ0) is 19.2. The van der Waals surface area contributed by atoms with Crippen molar-refractivity contribution in [2.45, 2.75) is 33.3 Å². The molecule has 0 saturated heterocycles. The van der Waals surface area contributed by atoms with Gasteiger partial charge in [-0.1, -0.05) is 67.6 Å². The first-order valence-corrected chi connectivity index (χ1v) is 9.27. The average Bonchev–Trinajstić information content (AvgIpc) is 2.70. The summed E-state index contributed by atoms with van der Waals surface area (Å²) in [6.07, 6.45) is 0.0589. The Hall–Kier alpha value is -3.07. The Morgan fingerprint density at radius 1 is 0.852 bits per heavy atom. The molecule has 0 aliphatic heterocycles. The van der Waals surface area contributed by atoms with Crippen molar-refractivity contribution in [2.24, 2.45) is 0 Å². The van der Waals surface area contributed by atoms with E-state index in [2.05, 4.69) is 17.4 Å². The normalized spacial score (nSPS) is 11.7. The maximum Gasteiger partial charge on any atom is 0.265 e. The van der Waals surface area contributed by atoms with Crippen LogP contribution in [0.25, 0.3) is 11.1 Å². The van der Waals surface area contributed by atoms with Gasteiger partial charge < -0.3 is 10.1 Å². The average molecular weight is 359 g/mol. The van der Waals surface area contributed by atoms with E-state index in [1.54, 1.807) is 0 Å². The number of ether oxygens (including phenoxy) is 1. The van der Waals surface area contributed by atoms with Gasteiger partial charge in [-0.2, -0.15) is 0 Å². The molecule has 3 rings (SSSR count). The molecule has 0 spiro atoms. The highest BCUT2D eigenvalue weighted by Crippen LogP contribution is 2.24. The van der Waals surface area contributed by atoms with Crippen molar-refractivity contribution in [3.63, 3.8) is 0 Å². The predicted octanol–water partition coefficient (Wildman–Crippen LogP) is 5.77. The number of carbonyl (C=O) groups is 1. The number of hydrogen-bond acceptors (Lipinski definition) is 2. The molecule has 0 aromatic heterocycles. The third kappa shape index (κ3) is 4.56. The van der Waals surface area contributed by atoms with E-state index in [4.69, 9.17) is 4.74 Å². The summed E-state index contributed by atoms with van der Waals surface area (Å²) < 4.78 is 5.96. The second kappa shape index (κ2) is 8.54. The lowest BCUT2D eigenvalue weighted by atomic mass is 10.1. The highest BCUT2D eigenvalue weighted by Gasteiger charge is 2.20. The van der Waals surface area contributed by atoms with Crippen LogP contribution < -0.4 is 10.1 Å². The smallest absolute Gasteiger partial charge is 0.265 e. The summed E-state index contributed by atoms with van der Waals surface area (Å²) >= 11 is 0. The second-order valence-corrected chi connectivity index (χ2v) is 6.66. The number of amides is 1. The number of benzene rings is 3. The fourth-order valence-electron chi connectivity index (χ4n) is 3.06. The van der Waals surface area contributed by atoms with Gasteiger partial charge in [0.05, 0.1) is 0 Å². The first-order chi connectivity index (χ1) is 13.1. The van der Waals surface area contributed by atoms with Crippen LogP contribution in [0.1, 0.15) is 24.5 Å². The molecule has 0 aliphatic rings. The van der Waals surface area contributed by atoms with Gasteiger partial charge in [0.15, 0.2) is 6.10 Å². The van der Waals surface area contributed by atoms with E-state index in [9.17, 15) is 4.79 Å². The van der Waals surface area contributed by atoms with Crippen LogP contribution in [0.3, 0.4) is 0 Å². The van der Waals surface area contributed by atoms with Crippen molar-refractivity contribution in [3.8, 4) is 16.9 Å². The fraction of sp³-hybridized carbons (Fsp3) is 0.208. The summed E-state index contributed by atoms with van der Waals surface area (Å²) in [5, 5.41) is 3.02. The summed E-state index contributed by atoms with van der Waals surface area (Å²) in [4.78, 5) is 12.7. The minimum atomic E-state index is -0.536. The van der Waals surface area contributed by atoms with E-state index in [0.29, 0.717) is 12.2 Å². The van der Waals surface area contributed by atoms with E-state index in [-0.39, 0.29) is 5.91 Å². The highest BCUT2D eigenvalue weighted by atomic mass is 16.5. The van der Waals surface area contributed by atoms with Crippen molar-refractivity contribution in [3.05, 3.63) is 83.9 Å². The standard InChI is InChI=1S/C24H25NO2/c1-4-22(24(26)25-23-17(2)9-8-10-18(23)3)27-21-15-13-20(14-16-21)19-11-6-5-7-12-19/h5-16,22H,4H2,1-3H3,(H,25,26). The second-order valence-electron chi connectivity index (χ2n) is 6.66. The molecule has 3 nitrogen and oxygen atoms in total. The number of para-hydroxylation sites is 1. The first kappa shape index (κ1) is 18.7. The van der Waals surface area contributed by atoms with Gasteiger partial charge in [-0.3, -0.25) is 4.79 Å². The minimum Gasteiger partial charge on any atom is -0.481 e. The van der Waals surface area contributed by atoms with Crippen LogP contribution in [0.5, 0.6) is 5.75 Å². The number of carbonyl (C=O) groups excluding carboxylic acids is 1. The number of anilines is 1. The SMILES string of the molecule is CCC(Oc1ccc(-c2ccccc2)cc1)C(=O)Nc1c(C)cccc1C. The number of aryl methyl sites for hydroxylation is 2. The van der Waals surface area contributed by atoms with Crippen LogP contribution in [0.2, 0.25) is 0 Å². The lowest BCUT2D eigenvalue weighted by Crippen LogP contribution is -2.32. The molecule has 3 aromatic rings. The van der Waals surface area contributed by atoms with Gasteiger partial charge in [0.25, 0.3) is 5.91 Å². The zero-order valence-electron chi connectivity index (χ0n) is 16.0. The van der Waals surface area contributed by atoms with Gasteiger partial charge in [0, 0.05) is 5.69 Å². The Balaban J connectivity index is 1.70. The quantitative estimate of drug-likeness (QED) is 0.607. The maximum absolute atomic E-state index is 12.7. The number of hydrogen-bond donors (Lipinski definition) is 1. The molecule has 138 valence electrons. The first-order valence-electron chi connectivity index (χ1n) is 9.27. The van der Waals surface area contributed by atoms with Crippen LogP contribution in [0.4, 0.5) is 5.69 Å². The van der Waals surface area contributed by atoms with Gasteiger partial charge in [0.1, 0.15) is 5.75 Å². The third-order valence-corrected chi connectivity index (χ3v) is 4.63. The van der Waals surface area contributed by atoms with Gasteiger partial charge in [-0.25, -0.2) is 0 Å². The Morgan fingerprint density at radius 3 is 2.04 bits per heavy atom. The number of nitrogens with one attached hydrogen (secondary N) is 1. The summed E-state index contributed by atoms with van der Waals surface area (Å²) in [7, 11) is 0. The van der Waals surface area contributed by atoms with Crippen molar-refractivity contribution >= 4 is 11.6 Å². The van der Waals surface area contributed by atoms with Crippen LogP contribution >= 0.6 is 0 Å². The molecule has 0 radical (unpaired) electrons. The predicted molar refractivity (Wildman–Crippen MR) is 111 cm³/mol. The van der Waals surface area contributed by atoms with Crippen molar-refractivity contribution < 1.29 is 9.53 Å². The summed E-state index contributed by atoms with van der Waals surface area (Å²) in [6, 6.07) is 24.0. The summed E-state index contributed by atoms with van der Waals surface area (Å²) in [5.74, 6) is 0.570. The topological polar surface area (TPSA) is 38.3 Å². The minimum absolute atomic E-state index is 0.123. The van der Waals surface area contributed by atoms with Crippen LogP contribution in [-0.4, -0.2) is 12.0 Å². The van der Waals surface area contributed by atoms with E-state index in [1.165, 1.54) is 0 Å². The lowest BCUT2D eigenvalue weighted by Gasteiger charge is -2.19. The van der Waals surface area contributed by atoms with Crippen molar-refractivity contribution in [2.75, 3.05) is 5.32 Å². The van der Waals surface area contributed by atoms with Crippen LogP contribution in [0, 0.1) is 13.8 Å². The molecule has 27 heavy (non-hydrogen) atoms. The molecule has 1 amide bonds. The van der Waals surface area contributed by atoms with Crippen LogP contribution in [-0.2, 0) is 4.79 Å². The molecule has 0 fully saturated rings. The Labute approximate surface area is 161 Å². The third-order valence-electron chi connectivity index (χ3n) is 4.63. The molecule has 1 atom stereocenters. The molecule has 0 heterocycles. The van der Waals surface area contributed by atoms with E-state index in [1.807, 2.05) is 81.4 Å². The Bertz CT molecular complexity index is 881. The fourth-order valence-corrected chi connectivity index (χ4v) is 3.06. The largest absolute Gasteiger partial charge is 0.481 e. The van der Waals surface area contributed by atoms with Crippen LogP contribution in [0.15, 0.2) is 72.8 Å². The highest BCUT2D eigenvalue weighted by molar-refractivity contribution is 5.95. The molecule has 1 N–H and O–H groups in total. The Morgan fingerprint density at radius 2 is 1.44 bits per heavy atom.